The van der Waals surface area contributed by atoms with Gasteiger partial charge in [0.05, 0.1) is 5.69 Å². The van der Waals surface area contributed by atoms with Gasteiger partial charge in [-0.3, -0.25) is 5.10 Å². The van der Waals surface area contributed by atoms with Crippen LogP contribution in [0.5, 0.6) is 0 Å². The summed E-state index contributed by atoms with van der Waals surface area (Å²) in [6.45, 7) is 10.9. The van der Waals surface area contributed by atoms with E-state index >= 15 is 0 Å². The van der Waals surface area contributed by atoms with E-state index in [-0.39, 0.29) is 5.41 Å². The minimum atomic E-state index is 0.161. The molecule has 2 nitrogen and oxygen atoms in total. The van der Waals surface area contributed by atoms with E-state index in [4.69, 9.17) is 0 Å². The maximum atomic E-state index is 4.33. The van der Waals surface area contributed by atoms with Gasteiger partial charge in [0.25, 0.3) is 0 Å². The summed E-state index contributed by atoms with van der Waals surface area (Å²) in [6.07, 6.45) is 1.04. The summed E-state index contributed by atoms with van der Waals surface area (Å²) in [4.78, 5) is 0. The topological polar surface area (TPSA) is 28.7 Å². The molecule has 0 aliphatic rings. The molecule has 0 atom stereocenters. The van der Waals surface area contributed by atoms with Crippen LogP contribution in [0.25, 0.3) is 0 Å². The molecule has 12 heavy (non-hydrogen) atoms. The molecular weight excluding hydrogens is 148 g/mol. The van der Waals surface area contributed by atoms with Crippen LogP contribution in [-0.4, -0.2) is 10.2 Å². The number of hydrogen-bond acceptors (Lipinski definition) is 1. The maximum Gasteiger partial charge on any atom is 0.0707 e. The van der Waals surface area contributed by atoms with Crippen LogP contribution in [0, 0.1) is 6.92 Å². The molecule has 0 unspecified atom stereocenters. The molecule has 0 saturated heterocycles. The molecule has 2 heteroatoms. The van der Waals surface area contributed by atoms with Gasteiger partial charge in [0.2, 0.25) is 0 Å². The molecule has 68 valence electrons. The Labute approximate surface area is 74.4 Å². The van der Waals surface area contributed by atoms with Crippen LogP contribution in [0.1, 0.15) is 44.6 Å². The third-order valence-corrected chi connectivity index (χ3v) is 2.17. The van der Waals surface area contributed by atoms with Crippen LogP contribution in [0.2, 0.25) is 0 Å². The van der Waals surface area contributed by atoms with Crippen molar-refractivity contribution >= 4 is 0 Å². The predicted molar refractivity (Wildman–Crippen MR) is 51.4 cm³/mol. The summed E-state index contributed by atoms with van der Waals surface area (Å²) < 4.78 is 0. The first-order valence-electron chi connectivity index (χ1n) is 4.51. The van der Waals surface area contributed by atoms with Gasteiger partial charge in [-0.1, -0.05) is 27.7 Å². The Morgan fingerprint density at radius 2 is 1.92 bits per heavy atom. The minimum Gasteiger partial charge on any atom is -0.282 e. The first-order valence-corrected chi connectivity index (χ1v) is 4.51. The number of aryl methyl sites for hydroxylation is 1. The van der Waals surface area contributed by atoms with Crippen LogP contribution in [0.15, 0.2) is 0 Å². The SMILES string of the molecule is CCc1[nH]nc(C(C)(C)C)c1C. The van der Waals surface area contributed by atoms with Gasteiger partial charge in [0.1, 0.15) is 0 Å². The largest absolute Gasteiger partial charge is 0.282 e. The molecule has 0 aromatic carbocycles. The molecule has 0 bridgehead atoms. The zero-order valence-corrected chi connectivity index (χ0v) is 8.65. The lowest BCUT2D eigenvalue weighted by atomic mass is 9.89. The summed E-state index contributed by atoms with van der Waals surface area (Å²) in [5.41, 5.74) is 3.94. The van der Waals surface area contributed by atoms with Crippen molar-refractivity contribution in [3.8, 4) is 0 Å². The lowest BCUT2D eigenvalue weighted by Crippen LogP contribution is -2.13. The Bertz CT molecular complexity index is 266. The molecule has 0 aliphatic heterocycles. The summed E-state index contributed by atoms with van der Waals surface area (Å²) in [6, 6.07) is 0. The van der Waals surface area contributed by atoms with Gasteiger partial charge in [-0.05, 0) is 18.9 Å². The van der Waals surface area contributed by atoms with Gasteiger partial charge in [0, 0.05) is 11.1 Å². The van der Waals surface area contributed by atoms with Crippen LogP contribution >= 0.6 is 0 Å². The normalized spacial score (nSPS) is 12.1. The van der Waals surface area contributed by atoms with E-state index < -0.39 is 0 Å². The van der Waals surface area contributed by atoms with Gasteiger partial charge in [-0.2, -0.15) is 5.10 Å². The molecule has 0 saturated carbocycles. The van der Waals surface area contributed by atoms with E-state index in [9.17, 15) is 0 Å². The summed E-state index contributed by atoms with van der Waals surface area (Å²) >= 11 is 0. The highest BCUT2D eigenvalue weighted by molar-refractivity contribution is 5.28. The average Bonchev–Trinajstić information content (AvgIpc) is 2.29. The van der Waals surface area contributed by atoms with Crippen LogP contribution in [-0.2, 0) is 11.8 Å². The zero-order valence-electron chi connectivity index (χ0n) is 8.65. The number of aromatic amines is 1. The maximum absolute atomic E-state index is 4.33. The molecule has 0 amide bonds. The van der Waals surface area contributed by atoms with Crippen molar-refractivity contribution in [2.75, 3.05) is 0 Å². The number of nitrogens with one attached hydrogen (secondary N) is 1. The van der Waals surface area contributed by atoms with Gasteiger partial charge in [-0.25, -0.2) is 0 Å². The van der Waals surface area contributed by atoms with E-state index in [0.717, 1.165) is 6.42 Å². The minimum absolute atomic E-state index is 0.161. The molecule has 0 spiro atoms. The highest BCUT2D eigenvalue weighted by atomic mass is 15.1. The number of H-pyrrole nitrogens is 1. The third kappa shape index (κ3) is 1.52. The van der Waals surface area contributed by atoms with Gasteiger partial charge >= 0.3 is 0 Å². The van der Waals surface area contributed by atoms with Crippen molar-refractivity contribution in [1.82, 2.24) is 10.2 Å². The van der Waals surface area contributed by atoms with Crippen molar-refractivity contribution in [2.45, 2.75) is 46.5 Å². The second-order valence-corrected chi connectivity index (χ2v) is 4.28. The van der Waals surface area contributed by atoms with E-state index in [1.54, 1.807) is 0 Å². The molecule has 1 rings (SSSR count). The Morgan fingerprint density at radius 1 is 1.33 bits per heavy atom. The fraction of sp³-hybridized carbons (Fsp3) is 0.700. The van der Waals surface area contributed by atoms with Crippen LogP contribution < -0.4 is 0 Å². The number of rotatable bonds is 1. The quantitative estimate of drug-likeness (QED) is 0.682. The van der Waals surface area contributed by atoms with Crippen LogP contribution in [0.4, 0.5) is 0 Å². The number of hydrogen-bond donors (Lipinski definition) is 1. The third-order valence-electron chi connectivity index (χ3n) is 2.17. The summed E-state index contributed by atoms with van der Waals surface area (Å²) in [5, 5.41) is 7.41. The molecule has 0 fully saturated rings. The Hall–Kier alpha value is -0.790. The van der Waals surface area contributed by atoms with Crippen molar-refractivity contribution in [3.05, 3.63) is 17.0 Å². The van der Waals surface area contributed by atoms with Crippen LogP contribution in [0.3, 0.4) is 0 Å². The van der Waals surface area contributed by atoms with Crippen molar-refractivity contribution < 1.29 is 0 Å². The van der Waals surface area contributed by atoms with Crippen molar-refractivity contribution in [3.63, 3.8) is 0 Å². The van der Waals surface area contributed by atoms with Gasteiger partial charge in [-0.15, -0.1) is 0 Å². The first-order chi connectivity index (χ1) is 5.46. The summed E-state index contributed by atoms with van der Waals surface area (Å²) in [5.74, 6) is 0. The second-order valence-electron chi connectivity index (χ2n) is 4.28. The molecule has 1 aromatic rings. The molecular formula is C10H18N2. The molecule has 0 aliphatic carbocycles. The van der Waals surface area contributed by atoms with Gasteiger partial charge < -0.3 is 0 Å². The van der Waals surface area contributed by atoms with E-state index in [1.165, 1.54) is 17.0 Å². The fourth-order valence-corrected chi connectivity index (χ4v) is 1.51. The molecule has 1 N–H and O–H groups in total. The predicted octanol–water partition coefficient (Wildman–Crippen LogP) is 2.58. The Kier molecular flexibility index (Phi) is 2.27. The van der Waals surface area contributed by atoms with E-state index in [2.05, 4.69) is 44.8 Å². The zero-order chi connectivity index (χ0) is 9.35. The van der Waals surface area contributed by atoms with E-state index in [1.807, 2.05) is 0 Å². The molecule has 0 radical (unpaired) electrons. The van der Waals surface area contributed by atoms with E-state index in [0.29, 0.717) is 0 Å². The number of aromatic nitrogens is 2. The van der Waals surface area contributed by atoms with Crippen molar-refractivity contribution in [2.24, 2.45) is 0 Å². The standard InChI is InChI=1S/C10H18N2/c1-6-8-7(2)9(12-11-8)10(3,4)5/h6H2,1-5H3,(H,11,12). The summed E-state index contributed by atoms with van der Waals surface area (Å²) in [7, 11) is 0. The fourth-order valence-electron chi connectivity index (χ4n) is 1.51. The monoisotopic (exact) mass is 166 g/mol. The first kappa shape index (κ1) is 9.30. The molecule has 1 aromatic heterocycles. The smallest absolute Gasteiger partial charge is 0.0707 e. The highest BCUT2D eigenvalue weighted by Gasteiger charge is 2.20. The van der Waals surface area contributed by atoms with Gasteiger partial charge in [0.15, 0.2) is 0 Å². The number of nitrogens with zero attached hydrogens (tertiary/aromatic N) is 1. The molecule has 1 heterocycles. The van der Waals surface area contributed by atoms with Crippen molar-refractivity contribution in [1.29, 1.82) is 0 Å². The Morgan fingerprint density at radius 3 is 2.17 bits per heavy atom. The average molecular weight is 166 g/mol. The Balaban J connectivity index is 3.11. The lowest BCUT2D eigenvalue weighted by Gasteiger charge is -2.16. The lowest BCUT2D eigenvalue weighted by molar-refractivity contribution is 0.563. The highest BCUT2D eigenvalue weighted by Crippen LogP contribution is 2.24. The second kappa shape index (κ2) is 2.92.